The smallest absolute Gasteiger partial charge is 0.247 e. The minimum absolute atomic E-state index is 0.00974. The summed E-state index contributed by atoms with van der Waals surface area (Å²) in [5.41, 5.74) is 8.07. The summed E-state index contributed by atoms with van der Waals surface area (Å²) in [6, 6.07) is 26.3. The summed E-state index contributed by atoms with van der Waals surface area (Å²) >= 11 is 1.57. The van der Waals surface area contributed by atoms with Gasteiger partial charge in [-0.05, 0) is 84.8 Å². The minimum atomic E-state index is -3.31. The SMILES string of the molecule is Cc1ncsc1-c1ccc(CNC(=O)[C@@H]2C[C@@H](O)CN2C(=O)[C@@H](NC(=O)CCCCC(=O)N2CCN(c3ccc(Nc4nc5cccc(-c6ccc(S(C)(=O)=O)cc6)n5n4)cc3)CC2)C(C)(C)C)cc1. The van der Waals surface area contributed by atoms with Gasteiger partial charge in [0.2, 0.25) is 29.6 Å². The van der Waals surface area contributed by atoms with Gasteiger partial charge in [0.25, 0.3) is 0 Å². The number of likely N-dealkylation sites (tertiary alicyclic amines) is 1. The number of amides is 4. The van der Waals surface area contributed by atoms with Crippen LogP contribution in [-0.4, -0.2) is 124 Å². The Labute approximate surface area is 412 Å². The Hall–Kier alpha value is -6.70. The number of anilines is 3. The van der Waals surface area contributed by atoms with Crippen molar-refractivity contribution in [3.63, 3.8) is 0 Å². The van der Waals surface area contributed by atoms with Gasteiger partial charge in [-0.15, -0.1) is 16.4 Å². The number of aromatic nitrogens is 4. The second kappa shape index (κ2) is 21.1. The first-order valence-corrected chi connectivity index (χ1v) is 26.3. The molecular weight excluding hydrogens is 929 g/mol. The van der Waals surface area contributed by atoms with Gasteiger partial charge < -0.3 is 35.8 Å². The highest BCUT2D eigenvalue weighted by Crippen LogP contribution is 2.30. The molecule has 368 valence electrons. The van der Waals surface area contributed by atoms with Crippen molar-refractivity contribution in [2.75, 3.05) is 49.2 Å². The zero-order chi connectivity index (χ0) is 49.7. The van der Waals surface area contributed by atoms with E-state index in [4.69, 9.17) is 0 Å². The average molecular weight is 989 g/mol. The third-order valence-corrected chi connectivity index (χ3v) is 14.9. The fourth-order valence-corrected chi connectivity index (χ4v) is 10.3. The maximum absolute atomic E-state index is 14.1. The number of fused-ring (bicyclic) bond motifs is 1. The Morgan fingerprint density at radius 2 is 1.56 bits per heavy atom. The lowest BCUT2D eigenvalue weighted by Crippen LogP contribution is -2.57. The van der Waals surface area contributed by atoms with Gasteiger partial charge in [0, 0.05) is 81.7 Å². The number of aliphatic hydroxyl groups is 1. The fraction of sp³-hybridized carbons (Fsp3) is 0.392. The van der Waals surface area contributed by atoms with Crippen LogP contribution >= 0.6 is 11.3 Å². The van der Waals surface area contributed by atoms with E-state index < -0.39 is 39.3 Å². The van der Waals surface area contributed by atoms with E-state index in [9.17, 15) is 32.7 Å². The van der Waals surface area contributed by atoms with Crippen molar-refractivity contribution >= 4 is 67.8 Å². The molecule has 0 aliphatic carbocycles. The molecule has 4 amide bonds. The number of β-amino-alcohol motifs (C(OH)–C–C–N with tert-alkyl or cyclic N) is 1. The molecule has 3 aromatic heterocycles. The second-order valence-electron chi connectivity index (χ2n) is 19.1. The molecule has 8 rings (SSSR count). The summed E-state index contributed by atoms with van der Waals surface area (Å²) in [6.07, 6.45) is 1.84. The lowest BCUT2D eigenvalue weighted by molar-refractivity contribution is -0.144. The number of hydrogen-bond donors (Lipinski definition) is 4. The molecule has 70 heavy (non-hydrogen) atoms. The number of nitrogens with one attached hydrogen (secondary N) is 3. The molecule has 19 heteroatoms. The zero-order valence-electron chi connectivity index (χ0n) is 40.1. The molecule has 3 atom stereocenters. The third-order valence-electron chi connectivity index (χ3n) is 12.8. The van der Waals surface area contributed by atoms with Crippen molar-refractivity contribution in [3.05, 3.63) is 108 Å². The Bertz CT molecular complexity index is 2940. The molecule has 4 N–H and O–H groups in total. The van der Waals surface area contributed by atoms with Crippen LogP contribution < -0.4 is 20.9 Å². The van der Waals surface area contributed by atoms with E-state index in [0.717, 1.165) is 44.3 Å². The molecule has 6 aromatic rings. The van der Waals surface area contributed by atoms with E-state index >= 15 is 0 Å². The number of aliphatic hydroxyl groups excluding tert-OH is 1. The Morgan fingerprint density at radius 1 is 0.871 bits per heavy atom. The number of piperazine rings is 1. The number of pyridine rings is 1. The standard InChI is InChI=1S/C51H60N10O7S2/c1-33-46(69-32-53-33)36-15-13-34(14-16-36)30-52-48(65)42-29-39(62)31-60(42)49(66)47(51(2,3)4)56-44(63)11-6-7-12-45(64)59-27-25-58(26-28-59)38-21-19-37(20-22-38)54-50-55-43-10-8-9-41(61(43)57-50)35-17-23-40(24-18-35)70(5,67)68/h8-10,13-24,32,39,42,47,62H,6-7,11-12,25-31H2,1-5H3,(H,52,65)(H,54,57)(H,56,63)/t39-,42+,47-/m1/s1. The van der Waals surface area contributed by atoms with Crippen LogP contribution in [0.4, 0.5) is 17.3 Å². The van der Waals surface area contributed by atoms with Gasteiger partial charge in [-0.3, -0.25) is 19.2 Å². The first-order chi connectivity index (χ1) is 33.4. The van der Waals surface area contributed by atoms with Crippen LogP contribution in [0.25, 0.3) is 27.3 Å². The Kier molecular flexibility index (Phi) is 15.0. The van der Waals surface area contributed by atoms with Crippen molar-refractivity contribution in [1.82, 2.24) is 40.0 Å². The van der Waals surface area contributed by atoms with Crippen LogP contribution in [0.5, 0.6) is 0 Å². The highest BCUT2D eigenvalue weighted by atomic mass is 32.2. The number of sulfone groups is 1. The predicted molar refractivity (Wildman–Crippen MR) is 270 cm³/mol. The number of benzene rings is 3. The highest BCUT2D eigenvalue weighted by molar-refractivity contribution is 7.90. The lowest BCUT2D eigenvalue weighted by atomic mass is 9.85. The first kappa shape index (κ1) is 49.7. The van der Waals surface area contributed by atoms with Gasteiger partial charge in [-0.2, -0.15) is 4.98 Å². The number of rotatable bonds is 16. The third kappa shape index (κ3) is 11.8. The average Bonchev–Trinajstić information content (AvgIpc) is 4.08. The van der Waals surface area contributed by atoms with Crippen molar-refractivity contribution in [2.24, 2.45) is 5.41 Å². The van der Waals surface area contributed by atoms with E-state index in [0.29, 0.717) is 57.0 Å². The van der Waals surface area contributed by atoms with E-state index in [1.807, 2.05) is 105 Å². The summed E-state index contributed by atoms with van der Waals surface area (Å²) in [4.78, 5) is 69.9. The summed E-state index contributed by atoms with van der Waals surface area (Å²) < 4.78 is 25.6. The van der Waals surface area contributed by atoms with Crippen LogP contribution in [-0.2, 0) is 35.6 Å². The molecule has 2 aliphatic heterocycles. The van der Waals surface area contributed by atoms with E-state index in [1.165, 1.54) is 11.2 Å². The molecule has 3 aromatic carbocycles. The zero-order valence-corrected chi connectivity index (χ0v) is 41.7. The van der Waals surface area contributed by atoms with Crippen molar-refractivity contribution in [2.45, 2.75) is 89.4 Å². The number of carbonyl (C=O) groups is 4. The van der Waals surface area contributed by atoms with E-state index in [-0.39, 0.29) is 48.5 Å². The van der Waals surface area contributed by atoms with Crippen LogP contribution in [0.3, 0.4) is 0 Å². The highest BCUT2D eigenvalue weighted by Gasteiger charge is 2.44. The molecule has 17 nitrogen and oxygen atoms in total. The molecule has 5 heterocycles. The predicted octanol–water partition coefficient (Wildman–Crippen LogP) is 5.99. The van der Waals surface area contributed by atoms with Crippen molar-refractivity contribution in [3.8, 4) is 21.7 Å². The first-order valence-electron chi connectivity index (χ1n) is 23.5. The van der Waals surface area contributed by atoms with E-state index in [1.54, 1.807) is 40.1 Å². The monoisotopic (exact) mass is 988 g/mol. The normalized spacial score (nSPS) is 16.9. The van der Waals surface area contributed by atoms with Gasteiger partial charge in [-0.1, -0.05) is 63.2 Å². The maximum atomic E-state index is 14.1. The number of aryl methyl sites for hydroxylation is 1. The van der Waals surface area contributed by atoms with Gasteiger partial charge in [-0.25, -0.2) is 17.9 Å². The van der Waals surface area contributed by atoms with Crippen LogP contribution in [0.1, 0.15) is 64.1 Å². The van der Waals surface area contributed by atoms with Gasteiger partial charge in [0.1, 0.15) is 12.1 Å². The number of thiazole rings is 1. The second-order valence-corrected chi connectivity index (χ2v) is 22.0. The topological polar surface area (TPSA) is 212 Å². The Morgan fingerprint density at radius 3 is 2.21 bits per heavy atom. The summed E-state index contributed by atoms with van der Waals surface area (Å²) in [6.45, 7) is 10.3. The lowest BCUT2D eigenvalue weighted by Gasteiger charge is -2.36. The van der Waals surface area contributed by atoms with Gasteiger partial charge >= 0.3 is 0 Å². The molecule has 0 bridgehead atoms. The van der Waals surface area contributed by atoms with Crippen LogP contribution in [0.2, 0.25) is 0 Å². The number of nitrogens with zero attached hydrogens (tertiary/aromatic N) is 7. The molecular formula is C51H60N10O7S2. The fourth-order valence-electron chi connectivity index (χ4n) is 8.88. The van der Waals surface area contributed by atoms with Crippen molar-refractivity contribution < 1.29 is 32.7 Å². The van der Waals surface area contributed by atoms with E-state index in [2.05, 4.69) is 35.9 Å². The van der Waals surface area contributed by atoms with Crippen LogP contribution in [0.15, 0.2) is 101 Å². The number of unbranched alkanes of at least 4 members (excludes halogenated alkanes) is 1. The van der Waals surface area contributed by atoms with Crippen LogP contribution in [0, 0.1) is 12.3 Å². The number of hydrogen-bond acceptors (Lipinski definition) is 13. The quantitative estimate of drug-likeness (QED) is 0.0824. The molecule has 0 saturated carbocycles. The number of carbonyl (C=O) groups excluding carboxylic acids is 4. The molecule has 0 unspecified atom stereocenters. The largest absolute Gasteiger partial charge is 0.391 e. The van der Waals surface area contributed by atoms with Gasteiger partial charge in [0.05, 0.1) is 32.8 Å². The molecule has 2 aliphatic rings. The maximum Gasteiger partial charge on any atom is 0.247 e. The minimum Gasteiger partial charge on any atom is -0.391 e. The van der Waals surface area contributed by atoms with Crippen molar-refractivity contribution in [1.29, 1.82) is 0 Å². The molecule has 2 saturated heterocycles. The summed E-state index contributed by atoms with van der Waals surface area (Å²) in [5, 5.41) is 24.4. The Balaban J connectivity index is 0.763. The molecule has 0 spiro atoms. The molecule has 0 radical (unpaired) electrons. The summed E-state index contributed by atoms with van der Waals surface area (Å²) in [5.74, 6) is -0.643. The van der Waals surface area contributed by atoms with Gasteiger partial charge in [0.15, 0.2) is 15.5 Å². The molecule has 2 fully saturated rings. The summed E-state index contributed by atoms with van der Waals surface area (Å²) in [7, 11) is -3.31.